The minimum absolute atomic E-state index is 0.0484. The highest BCUT2D eigenvalue weighted by Crippen LogP contribution is 2.38. The number of rotatable bonds is 13. The van der Waals surface area contributed by atoms with Crippen molar-refractivity contribution in [3.63, 3.8) is 0 Å². The third kappa shape index (κ3) is 7.23. The predicted octanol–water partition coefficient (Wildman–Crippen LogP) is 0.0742. The molecule has 0 bridgehead atoms. The summed E-state index contributed by atoms with van der Waals surface area (Å²) in [7, 11) is -3.51. The maximum absolute atomic E-state index is 13.5. The molecule has 5 rings (SSSR count). The van der Waals surface area contributed by atoms with E-state index in [1.165, 1.54) is 33.3 Å². The van der Waals surface area contributed by atoms with Gasteiger partial charge in [-0.1, -0.05) is 5.16 Å². The SMILES string of the molecule is COCc1c(C(=N)NC2CC(N)C2)ccc2c1CC[C@H]([C@](C)(O/N=C(\C(=O)N[C@@H]1C(=O)N(OS(=O)(=O)O)C1(C)C)c1csc(N)n1)C(=O)O)O2. The number of carboxylic acids is 1. The Morgan fingerprint density at radius 3 is 2.56 bits per heavy atom. The number of carbonyl (C=O) groups is 3. The first-order valence-corrected chi connectivity index (χ1v) is 17.5. The smallest absolute Gasteiger partial charge is 0.418 e. The number of aromatic nitrogens is 1. The van der Waals surface area contributed by atoms with Crippen molar-refractivity contribution < 1.29 is 51.1 Å². The summed E-state index contributed by atoms with van der Waals surface area (Å²) in [5.74, 6) is -2.92. The Balaban J connectivity index is 1.38. The summed E-state index contributed by atoms with van der Waals surface area (Å²) in [6, 6.07) is 2.19. The lowest BCUT2D eigenvalue weighted by atomic mass is 9.84. The number of carboxylic acid groups (broad SMARTS) is 1. The molecule has 0 radical (unpaired) electrons. The van der Waals surface area contributed by atoms with Gasteiger partial charge in [-0.25, -0.2) is 9.78 Å². The Kier molecular flexibility index (Phi) is 10.1. The molecule has 3 aliphatic rings. The molecule has 1 aromatic heterocycles. The van der Waals surface area contributed by atoms with Crippen molar-refractivity contribution in [1.82, 2.24) is 20.7 Å². The monoisotopic (exact) mass is 738 g/mol. The number of aliphatic carboxylic acids is 1. The van der Waals surface area contributed by atoms with Crippen molar-refractivity contribution in [2.24, 2.45) is 10.9 Å². The lowest BCUT2D eigenvalue weighted by Crippen LogP contribution is -2.76. The topological polar surface area (TPSA) is 291 Å². The zero-order valence-corrected chi connectivity index (χ0v) is 29.1. The fraction of sp³-hybridized carbons (Fsp3) is 0.517. The van der Waals surface area contributed by atoms with Crippen LogP contribution in [0.4, 0.5) is 5.13 Å². The van der Waals surface area contributed by atoms with Crippen molar-refractivity contribution in [1.29, 1.82) is 5.41 Å². The third-order valence-corrected chi connectivity index (χ3v) is 9.87. The highest BCUT2D eigenvalue weighted by molar-refractivity contribution is 7.80. The largest absolute Gasteiger partial charge is 0.485 e. The van der Waals surface area contributed by atoms with Crippen molar-refractivity contribution in [3.8, 4) is 5.75 Å². The first kappa shape index (κ1) is 36.9. The van der Waals surface area contributed by atoms with Crippen molar-refractivity contribution >= 4 is 56.2 Å². The third-order valence-electron chi connectivity index (χ3n) is 8.86. The summed E-state index contributed by atoms with van der Waals surface area (Å²) in [6.45, 7) is 4.13. The van der Waals surface area contributed by atoms with Crippen LogP contribution in [0.1, 0.15) is 62.4 Å². The van der Waals surface area contributed by atoms with E-state index in [1.807, 2.05) is 0 Å². The van der Waals surface area contributed by atoms with Gasteiger partial charge in [0.15, 0.2) is 16.9 Å². The molecule has 1 saturated heterocycles. The Labute approximate surface area is 290 Å². The molecule has 2 aromatic rings. The van der Waals surface area contributed by atoms with Gasteiger partial charge in [-0.05, 0) is 64.2 Å². The number of amidine groups is 1. The molecule has 1 aliphatic carbocycles. The van der Waals surface area contributed by atoms with E-state index < -0.39 is 57.2 Å². The lowest BCUT2D eigenvalue weighted by molar-refractivity contribution is -0.218. The number of fused-ring (bicyclic) bond motifs is 1. The molecule has 50 heavy (non-hydrogen) atoms. The fourth-order valence-electron chi connectivity index (χ4n) is 5.93. The van der Waals surface area contributed by atoms with Crippen LogP contribution in [0.3, 0.4) is 0 Å². The van der Waals surface area contributed by atoms with E-state index in [-0.39, 0.29) is 41.8 Å². The molecule has 2 fully saturated rings. The lowest BCUT2D eigenvalue weighted by Gasteiger charge is -2.50. The number of benzene rings is 1. The van der Waals surface area contributed by atoms with Gasteiger partial charge in [0.25, 0.3) is 17.4 Å². The second-order valence-electron chi connectivity index (χ2n) is 12.8. The van der Waals surface area contributed by atoms with Crippen LogP contribution in [0.25, 0.3) is 0 Å². The van der Waals surface area contributed by atoms with Crippen LogP contribution in [0.15, 0.2) is 22.7 Å². The van der Waals surface area contributed by atoms with Gasteiger partial charge in [0.05, 0.1) is 12.1 Å². The van der Waals surface area contributed by atoms with Crippen LogP contribution in [0, 0.1) is 5.41 Å². The maximum Gasteiger partial charge on any atom is 0.418 e. The molecule has 272 valence electrons. The molecule has 9 N–H and O–H groups in total. The number of carbonyl (C=O) groups excluding carboxylic acids is 2. The summed E-state index contributed by atoms with van der Waals surface area (Å²) in [4.78, 5) is 48.5. The van der Waals surface area contributed by atoms with E-state index in [0.29, 0.717) is 22.8 Å². The Morgan fingerprint density at radius 2 is 2.00 bits per heavy atom. The molecule has 21 heteroatoms. The minimum Gasteiger partial charge on any atom is -0.485 e. The van der Waals surface area contributed by atoms with Gasteiger partial charge < -0.3 is 41.5 Å². The molecule has 1 saturated carbocycles. The number of nitrogens with two attached hydrogens (primary N) is 2. The van der Waals surface area contributed by atoms with Crippen LogP contribution in [0.2, 0.25) is 0 Å². The van der Waals surface area contributed by atoms with Gasteiger partial charge in [0, 0.05) is 35.7 Å². The van der Waals surface area contributed by atoms with Crippen LogP contribution < -0.4 is 26.8 Å². The van der Waals surface area contributed by atoms with Gasteiger partial charge in [0.1, 0.15) is 23.3 Å². The fourth-order valence-corrected chi connectivity index (χ4v) is 6.93. The number of methoxy groups -OCH3 is 1. The summed E-state index contributed by atoms with van der Waals surface area (Å²) in [5, 5.41) is 30.3. The number of nitrogen functional groups attached to an aromatic ring is 1. The molecule has 2 amide bonds. The number of ether oxygens (including phenoxy) is 2. The molecular formula is C29H38N8O11S2. The number of oxime groups is 1. The molecule has 3 atom stereocenters. The van der Waals surface area contributed by atoms with E-state index in [0.717, 1.165) is 35.3 Å². The van der Waals surface area contributed by atoms with Crippen LogP contribution in [-0.4, -0.2) is 99.9 Å². The number of β-lactam (4-membered cyclic amide) rings is 1. The number of anilines is 1. The highest BCUT2D eigenvalue weighted by atomic mass is 32.3. The molecule has 3 heterocycles. The Morgan fingerprint density at radius 1 is 1.30 bits per heavy atom. The standard InChI is InChI=1S/C29H38N8O11S2/c1-28(2)22(25(39)37(28)48-50(42,43)44)35-24(38)21(18-12-49-27(32)34-18)36-47-29(3,26(40)41)20-8-6-15-17(11-45-4)16(5-7-19(15)46-20)23(31)33-14-9-13(30)10-14/h5,7,12-14,20,22H,6,8-11,30H2,1-4H3,(H2,31,33)(H2,32,34)(H,35,38)(H,40,41)(H,42,43,44)/b36-21-/t13?,14?,20-,22-,29+/m1/s1. The van der Waals surface area contributed by atoms with Crippen molar-refractivity contribution in [3.05, 3.63) is 39.9 Å². The number of thiazole rings is 1. The zero-order chi connectivity index (χ0) is 36.8. The van der Waals surface area contributed by atoms with Gasteiger partial charge in [-0.15, -0.1) is 15.6 Å². The number of nitrogens with zero attached hydrogens (tertiary/aromatic N) is 3. The number of hydrogen-bond donors (Lipinski definition) is 7. The first-order valence-electron chi connectivity index (χ1n) is 15.3. The second-order valence-corrected chi connectivity index (χ2v) is 14.7. The number of hydroxylamine groups is 2. The first-order chi connectivity index (χ1) is 23.4. The second kappa shape index (κ2) is 13.7. The van der Waals surface area contributed by atoms with Gasteiger partial charge in [0.2, 0.25) is 0 Å². The maximum atomic E-state index is 13.5. The van der Waals surface area contributed by atoms with Crippen molar-refractivity contribution in [2.45, 2.75) is 88.4 Å². The van der Waals surface area contributed by atoms with Crippen LogP contribution in [-0.2, 0) is 51.7 Å². The molecule has 0 spiro atoms. The van der Waals surface area contributed by atoms with Crippen molar-refractivity contribution in [2.75, 3.05) is 12.8 Å². The molecule has 2 aliphatic heterocycles. The Hall–Kier alpha value is -4.41. The number of amides is 2. The molecule has 0 unspecified atom stereocenters. The average molecular weight is 739 g/mol. The number of nitrogens with one attached hydrogen (secondary N) is 3. The van der Waals surface area contributed by atoms with Gasteiger partial charge in [-0.2, -0.15) is 13.5 Å². The van der Waals surface area contributed by atoms with E-state index in [4.69, 9.17) is 35.7 Å². The molecule has 19 nitrogen and oxygen atoms in total. The van der Waals surface area contributed by atoms with E-state index in [9.17, 15) is 27.9 Å². The van der Waals surface area contributed by atoms with E-state index in [2.05, 4.69) is 25.1 Å². The van der Waals surface area contributed by atoms with E-state index in [1.54, 1.807) is 12.1 Å². The zero-order valence-electron chi connectivity index (χ0n) is 27.5. The van der Waals surface area contributed by atoms with Gasteiger partial charge in [-0.3, -0.25) is 19.6 Å². The van der Waals surface area contributed by atoms with Gasteiger partial charge >= 0.3 is 16.4 Å². The Bertz CT molecular complexity index is 1840. The van der Waals surface area contributed by atoms with Crippen LogP contribution in [0.5, 0.6) is 5.75 Å². The normalized spacial score (nSPS) is 24.1. The average Bonchev–Trinajstić information content (AvgIpc) is 3.46. The molecule has 1 aromatic carbocycles. The summed E-state index contributed by atoms with van der Waals surface area (Å²) < 4.78 is 47.3. The van der Waals surface area contributed by atoms with Crippen LogP contribution >= 0.6 is 11.3 Å². The summed E-state index contributed by atoms with van der Waals surface area (Å²) >= 11 is 0.956. The van der Waals surface area contributed by atoms with E-state index >= 15 is 0 Å². The predicted molar refractivity (Wildman–Crippen MR) is 177 cm³/mol. The summed E-state index contributed by atoms with van der Waals surface area (Å²) in [6.07, 6.45) is 0.877. The highest BCUT2D eigenvalue weighted by Gasteiger charge is 2.58. The molecular weight excluding hydrogens is 700 g/mol. The summed E-state index contributed by atoms with van der Waals surface area (Å²) in [5.41, 5.74) is 9.50. The number of hydrogen-bond acceptors (Lipinski definition) is 15. The quantitative estimate of drug-likeness (QED) is 0.0471. The minimum atomic E-state index is -5.04.